The molecular weight excluding hydrogens is 522 g/mol. The average molecular weight is 556 g/mol. The molecule has 0 aliphatic carbocycles. The highest BCUT2D eigenvalue weighted by molar-refractivity contribution is 7.98. The Balaban J connectivity index is 1.75. The molecule has 0 aliphatic rings. The number of H-pyrrole nitrogens is 1. The SMILES string of the molecule is CSCCC(NC(=O)C(Cc1ccc(O)cc1)NC(=O)CN)C(=O)NC(Cc1c[nH]c2ccccc12)C(=O)O. The lowest BCUT2D eigenvalue weighted by Gasteiger charge is -2.24. The maximum atomic E-state index is 13.2. The molecule has 0 bridgehead atoms. The average Bonchev–Trinajstić information content (AvgIpc) is 3.33. The van der Waals surface area contributed by atoms with Gasteiger partial charge in [0, 0.05) is 29.9 Å². The summed E-state index contributed by atoms with van der Waals surface area (Å²) in [6.45, 7) is -0.329. The van der Waals surface area contributed by atoms with Crippen molar-refractivity contribution in [2.75, 3.05) is 18.6 Å². The topological polar surface area (TPSA) is 187 Å². The number of aromatic nitrogens is 1. The van der Waals surface area contributed by atoms with Crippen molar-refractivity contribution in [2.24, 2.45) is 5.73 Å². The van der Waals surface area contributed by atoms with Gasteiger partial charge in [-0.25, -0.2) is 4.79 Å². The zero-order valence-electron chi connectivity index (χ0n) is 21.5. The van der Waals surface area contributed by atoms with E-state index in [1.807, 2.05) is 30.5 Å². The zero-order chi connectivity index (χ0) is 28.4. The van der Waals surface area contributed by atoms with Crippen molar-refractivity contribution in [1.29, 1.82) is 0 Å². The Morgan fingerprint density at radius 3 is 2.26 bits per heavy atom. The molecule has 3 amide bonds. The zero-order valence-corrected chi connectivity index (χ0v) is 22.3. The van der Waals surface area contributed by atoms with Gasteiger partial charge in [0.2, 0.25) is 17.7 Å². The molecule has 1 aromatic heterocycles. The standard InChI is InChI=1S/C27H33N5O6S/c1-39-11-10-21(31-26(36)22(30-24(34)14-28)12-16-6-8-18(33)9-7-16)25(35)32-23(27(37)38)13-17-15-29-20-5-3-2-4-19(17)20/h2-9,15,21-23,29,33H,10-14,28H2,1H3,(H,30,34)(H,31,36)(H,32,35)(H,37,38). The third-order valence-electron chi connectivity index (χ3n) is 6.17. The van der Waals surface area contributed by atoms with Crippen LogP contribution < -0.4 is 21.7 Å². The predicted molar refractivity (Wildman–Crippen MR) is 149 cm³/mol. The number of aromatic amines is 1. The van der Waals surface area contributed by atoms with Crippen LogP contribution in [-0.2, 0) is 32.0 Å². The van der Waals surface area contributed by atoms with Gasteiger partial charge >= 0.3 is 5.97 Å². The van der Waals surface area contributed by atoms with E-state index < -0.39 is 41.8 Å². The summed E-state index contributed by atoms with van der Waals surface area (Å²) in [5.41, 5.74) is 7.68. The minimum Gasteiger partial charge on any atom is -0.508 e. The Bertz CT molecular complexity index is 1300. The van der Waals surface area contributed by atoms with Crippen molar-refractivity contribution >= 4 is 46.4 Å². The minimum atomic E-state index is -1.23. The number of carbonyl (C=O) groups is 4. The fraction of sp³-hybridized carbons (Fsp3) is 0.333. The van der Waals surface area contributed by atoms with Crippen LogP contribution in [0.2, 0.25) is 0 Å². The lowest BCUT2D eigenvalue weighted by Crippen LogP contribution is -2.57. The molecule has 1 heterocycles. The first-order valence-electron chi connectivity index (χ1n) is 12.4. The van der Waals surface area contributed by atoms with E-state index in [2.05, 4.69) is 20.9 Å². The van der Waals surface area contributed by atoms with Crippen molar-refractivity contribution in [3.05, 3.63) is 65.9 Å². The van der Waals surface area contributed by atoms with Crippen LogP contribution in [0.1, 0.15) is 17.5 Å². The number of benzene rings is 2. The van der Waals surface area contributed by atoms with Gasteiger partial charge in [-0.15, -0.1) is 0 Å². The van der Waals surface area contributed by atoms with Crippen molar-refractivity contribution in [2.45, 2.75) is 37.4 Å². The van der Waals surface area contributed by atoms with Crippen molar-refractivity contribution in [3.63, 3.8) is 0 Å². The predicted octanol–water partition coefficient (Wildman–Crippen LogP) is 0.910. The number of carboxylic acid groups (broad SMARTS) is 1. The normalized spacial score (nSPS) is 13.3. The number of aliphatic carboxylic acids is 1. The lowest BCUT2D eigenvalue weighted by molar-refractivity contribution is -0.142. The Hall–Kier alpha value is -4.03. The number of phenolic OH excluding ortho intramolecular Hbond substituents is 1. The molecule has 0 saturated carbocycles. The molecule has 39 heavy (non-hydrogen) atoms. The van der Waals surface area contributed by atoms with E-state index in [1.54, 1.807) is 18.3 Å². The second kappa shape index (κ2) is 14.2. The van der Waals surface area contributed by atoms with Crippen LogP contribution in [0.4, 0.5) is 0 Å². The van der Waals surface area contributed by atoms with Crippen LogP contribution in [0, 0.1) is 0 Å². The van der Waals surface area contributed by atoms with Gasteiger partial charge in [-0.1, -0.05) is 30.3 Å². The van der Waals surface area contributed by atoms with Gasteiger partial charge in [-0.2, -0.15) is 11.8 Å². The van der Waals surface area contributed by atoms with Crippen LogP contribution in [0.3, 0.4) is 0 Å². The Morgan fingerprint density at radius 2 is 1.59 bits per heavy atom. The van der Waals surface area contributed by atoms with Gasteiger partial charge in [-0.05, 0) is 47.8 Å². The summed E-state index contributed by atoms with van der Waals surface area (Å²) in [5, 5.41) is 28.0. The van der Waals surface area contributed by atoms with E-state index in [-0.39, 0.29) is 31.6 Å². The molecular formula is C27H33N5O6S. The number of para-hydroxylation sites is 1. The summed E-state index contributed by atoms with van der Waals surface area (Å²) in [7, 11) is 0. The number of nitrogens with two attached hydrogens (primary N) is 1. The van der Waals surface area contributed by atoms with Crippen LogP contribution >= 0.6 is 11.8 Å². The molecule has 0 fully saturated rings. The number of fused-ring (bicyclic) bond motifs is 1. The van der Waals surface area contributed by atoms with Gasteiger partial charge < -0.3 is 36.9 Å². The highest BCUT2D eigenvalue weighted by Crippen LogP contribution is 2.19. The molecule has 0 spiro atoms. The van der Waals surface area contributed by atoms with Gasteiger partial charge in [0.1, 0.15) is 23.9 Å². The van der Waals surface area contributed by atoms with Gasteiger partial charge in [0.15, 0.2) is 0 Å². The number of rotatable bonds is 14. The smallest absolute Gasteiger partial charge is 0.326 e. The summed E-state index contributed by atoms with van der Waals surface area (Å²) in [6.07, 6.45) is 3.95. The van der Waals surface area contributed by atoms with Crippen molar-refractivity contribution in [1.82, 2.24) is 20.9 Å². The monoisotopic (exact) mass is 555 g/mol. The summed E-state index contributed by atoms with van der Waals surface area (Å²) >= 11 is 1.47. The number of thioether (sulfide) groups is 1. The fourth-order valence-corrected chi connectivity index (χ4v) is 4.57. The van der Waals surface area contributed by atoms with Crippen LogP contribution in [-0.4, -0.2) is 75.6 Å². The summed E-state index contributed by atoms with van der Waals surface area (Å²) < 4.78 is 0. The quantitative estimate of drug-likeness (QED) is 0.153. The molecule has 3 rings (SSSR count). The Kier molecular flexibility index (Phi) is 10.8. The van der Waals surface area contributed by atoms with Crippen molar-refractivity contribution in [3.8, 4) is 5.75 Å². The van der Waals surface area contributed by atoms with E-state index in [9.17, 15) is 29.4 Å². The lowest BCUT2D eigenvalue weighted by atomic mass is 10.0. The first kappa shape index (κ1) is 29.5. The molecule has 3 unspecified atom stereocenters. The first-order chi connectivity index (χ1) is 18.7. The molecule has 0 aliphatic heterocycles. The van der Waals surface area contributed by atoms with Gasteiger partial charge in [0.25, 0.3) is 0 Å². The third-order valence-corrected chi connectivity index (χ3v) is 6.81. The number of nitrogens with one attached hydrogen (secondary N) is 4. The number of hydrogen-bond donors (Lipinski definition) is 7. The largest absolute Gasteiger partial charge is 0.508 e. The minimum absolute atomic E-state index is 0.0459. The van der Waals surface area contributed by atoms with E-state index in [4.69, 9.17) is 5.73 Å². The first-order valence-corrected chi connectivity index (χ1v) is 13.8. The third kappa shape index (κ3) is 8.48. The Morgan fingerprint density at radius 1 is 0.923 bits per heavy atom. The highest BCUT2D eigenvalue weighted by Gasteiger charge is 2.30. The maximum absolute atomic E-state index is 13.2. The fourth-order valence-electron chi connectivity index (χ4n) is 4.10. The number of phenols is 1. The second-order valence-corrected chi connectivity index (χ2v) is 9.99. The van der Waals surface area contributed by atoms with Gasteiger partial charge in [-0.3, -0.25) is 14.4 Å². The molecule has 3 atom stereocenters. The van der Waals surface area contributed by atoms with Gasteiger partial charge in [0.05, 0.1) is 6.54 Å². The number of aromatic hydroxyl groups is 1. The molecule has 12 heteroatoms. The summed E-state index contributed by atoms with van der Waals surface area (Å²) in [6, 6.07) is 10.3. The molecule has 0 saturated heterocycles. The molecule has 0 radical (unpaired) electrons. The molecule has 2 aromatic carbocycles. The number of carboxylic acids is 1. The molecule has 8 N–H and O–H groups in total. The second-order valence-electron chi connectivity index (χ2n) is 9.00. The molecule has 208 valence electrons. The summed E-state index contributed by atoms with van der Waals surface area (Å²) in [4.78, 5) is 53.7. The molecule has 3 aromatic rings. The molecule has 11 nitrogen and oxygen atoms in total. The van der Waals surface area contributed by atoms with Crippen LogP contribution in [0.25, 0.3) is 10.9 Å². The number of carbonyl (C=O) groups excluding carboxylic acids is 3. The van der Waals surface area contributed by atoms with E-state index >= 15 is 0 Å². The van der Waals surface area contributed by atoms with E-state index in [1.165, 1.54) is 23.9 Å². The van der Waals surface area contributed by atoms with E-state index in [0.29, 0.717) is 11.3 Å². The highest BCUT2D eigenvalue weighted by atomic mass is 32.2. The number of amides is 3. The summed E-state index contributed by atoms with van der Waals surface area (Å²) in [5.74, 6) is -2.43. The van der Waals surface area contributed by atoms with Crippen LogP contribution in [0.5, 0.6) is 5.75 Å². The van der Waals surface area contributed by atoms with E-state index in [0.717, 1.165) is 16.5 Å². The Labute approximate surface area is 229 Å². The maximum Gasteiger partial charge on any atom is 0.326 e. The van der Waals surface area contributed by atoms with Crippen molar-refractivity contribution < 1.29 is 29.4 Å². The number of hydrogen-bond acceptors (Lipinski definition) is 7. The van der Waals surface area contributed by atoms with Crippen LogP contribution in [0.15, 0.2) is 54.7 Å².